The van der Waals surface area contributed by atoms with Crippen molar-refractivity contribution in [3.8, 4) is 11.1 Å². The lowest BCUT2D eigenvalue weighted by atomic mass is 10.1. The van der Waals surface area contributed by atoms with Crippen LogP contribution in [0.15, 0.2) is 47.4 Å². The fourth-order valence-electron chi connectivity index (χ4n) is 1.28. The second-order valence-corrected chi connectivity index (χ2v) is 2.92. The predicted octanol–water partition coefficient (Wildman–Crippen LogP) is 2.18. The topological polar surface area (TPSA) is 32.9 Å². The zero-order valence-corrected chi connectivity index (χ0v) is 7.33. The summed E-state index contributed by atoms with van der Waals surface area (Å²) in [6.07, 6.45) is 1.56. The van der Waals surface area contributed by atoms with E-state index in [0.29, 0.717) is 11.1 Å². The van der Waals surface area contributed by atoms with Gasteiger partial charge in [0.2, 0.25) is 0 Å². The van der Waals surface area contributed by atoms with E-state index in [1.807, 2.05) is 0 Å². The number of nitrogens with one attached hydrogen (secondary N) is 1. The first-order valence-electron chi connectivity index (χ1n) is 4.21. The van der Waals surface area contributed by atoms with Crippen LogP contribution in [0.3, 0.4) is 0 Å². The SMILES string of the molecule is O=c1[nH]cccc1-c1ccc(F)cc1. The summed E-state index contributed by atoms with van der Waals surface area (Å²) in [5.74, 6) is -0.305. The van der Waals surface area contributed by atoms with Crippen LogP contribution in [-0.4, -0.2) is 4.98 Å². The normalized spacial score (nSPS) is 10.1. The Morgan fingerprint density at radius 3 is 2.43 bits per heavy atom. The zero-order chi connectivity index (χ0) is 9.97. The maximum absolute atomic E-state index is 12.6. The molecule has 2 rings (SSSR count). The van der Waals surface area contributed by atoms with Crippen molar-refractivity contribution in [3.05, 3.63) is 58.8 Å². The third-order valence-electron chi connectivity index (χ3n) is 1.97. The zero-order valence-electron chi connectivity index (χ0n) is 7.33. The summed E-state index contributed by atoms with van der Waals surface area (Å²) < 4.78 is 12.6. The smallest absolute Gasteiger partial charge is 0.255 e. The van der Waals surface area contributed by atoms with Crippen molar-refractivity contribution in [1.82, 2.24) is 4.98 Å². The first kappa shape index (κ1) is 8.69. The van der Waals surface area contributed by atoms with Crippen LogP contribution in [0.25, 0.3) is 11.1 Å². The molecule has 0 bridgehead atoms. The van der Waals surface area contributed by atoms with Gasteiger partial charge in [-0.1, -0.05) is 12.1 Å². The van der Waals surface area contributed by atoms with Crippen LogP contribution in [-0.2, 0) is 0 Å². The lowest BCUT2D eigenvalue weighted by Gasteiger charge is -1.98. The molecule has 0 spiro atoms. The molecule has 0 atom stereocenters. The van der Waals surface area contributed by atoms with Crippen molar-refractivity contribution < 1.29 is 4.39 Å². The number of hydrogen-bond donors (Lipinski definition) is 1. The number of pyridine rings is 1. The Morgan fingerprint density at radius 2 is 1.79 bits per heavy atom. The summed E-state index contributed by atoms with van der Waals surface area (Å²) in [5, 5.41) is 0. The highest BCUT2D eigenvalue weighted by molar-refractivity contribution is 5.61. The molecule has 0 aliphatic carbocycles. The van der Waals surface area contributed by atoms with Gasteiger partial charge < -0.3 is 4.98 Å². The van der Waals surface area contributed by atoms with Gasteiger partial charge in [0, 0.05) is 11.8 Å². The summed E-state index contributed by atoms with van der Waals surface area (Å²) in [6, 6.07) is 9.27. The molecule has 0 radical (unpaired) electrons. The average molecular weight is 189 g/mol. The minimum absolute atomic E-state index is 0.167. The number of aromatic nitrogens is 1. The van der Waals surface area contributed by atoms with Gasteiger partial charge in [0.25, 0.3) is 5.56 Å². The Morgan fingerprint density at radius 1 is 1.07 bits per heavy atom. The van der Waals surface area contributed by atoms with Crippen molar-refractivity contribution in [2.45, 2.75) is 0 Å². The Hall–Kier alpha value is -1.90. The van der Waals surface area contributed by atoms with E-state index < -0.39 is 0 Å². The molecular weight excluding hydrogens is 181 g/mol. The Balaban J connectivity index is 2.56. The van der Waals surface area contributed by atoms with E-state index in [4.69, 9.17) is 0 Å². The van der Waals surface area contributed by atoms with Crippen LogP contribution in [0.2, 0.25) is 0 Å². The maximum atomic E-state index is 12.6. The highest BCUT2D eigenvalue weighted by Gasteiger charge is 2.00. The molecule has 0 fully saturated rings. The van der Waals surface area contributed by atoms with Gasteiger partial charge in [0.15, 0.2) is 0 Å². The molecule has 70 valence electrons. The molecule has 0 saturated carbocycles. The molecule has 1 aromatic carbocycles. The Kier molecular flexibility index (Phi) is 2.14. The van der Waals surface area contributed by atoms with Crippen molar-refractivity contribution in [2.75, 3.05) is 0 Å². The molecule has 0 aliphatic rings. The number of hydrogen-bond acceptors (Lipinski definition) is 1. The monoisotopic (exact) mass is 189 g/mol. The molecule has 14 heavy (non-hydrogen) atoms. The second-order valence-electron chi connectivity index (χ2n) is 2.92. The summed E-state index contributed by atoms with van der Waals surface area (Å²) >= 11 is 0. The summed E-state index contributed by atoms with van der Waals surface area (Å²) in [5.41, 5.74) is 1.10. The molecule has 1 N–H and O–H groups in total. The van der Waals surface area contributed by atoms with E-state index in [-0.39, 0.29) is 11.4 Å². The molecule has 1 aromatic heterocycles. The molecule has 0 aliphatic heterocycles. The fourth-order valence-corrected chi connectivity index (χ4v) is 1.28. The van der Waals surface area contributed by atoms with Crippen LogP contribution in [0.4, 0.5) is 4.39 Å². The number of H-pyrrole nitrogens is 1. The van der Waals surface area contributed by atoms with Crippen molar-refractivity contribution in [1.29, 1.82) is 0 Å². The molecule has 0 unspecified atom stereocenters. The lowest BCUT2D eigenvalue weighted by Crippen LogP contribution is -2.06. The minimum atomic E-state index is -0.305. The van der Waals surface area contributed by atoms with Gasteiger partial charge in [-0.3, -0.25) is 4.79 Å². The van der Waals surface area contributed by atoms with Gasteiger partial charge in [-0.2, -0.15) is 0 Å². The molecule has 0 saturated heterocycles. The Labute approximate surface area is 80.0 Å². The van der Waals surface area contributed by atoms with Crippen LogP contribution in [0.5, 0.6) is 0 Å². The number of rotatable bonds is 1. The largest absolute Gasteiger partial charge is 0.329 e. The van der Waals surface area contributed by atoms with Gasteiger partial charge in [0.1, 0.15) is 5.82 Å². The third kappa shape index (κ3) is 1.57. The van der Waals surface area contributed by atoms with Crippen molar-refractivity contribution in [3.63, 3.8) is 0 Å². The molecule has 2 nitrogen and oxygen atoms in total. The third-order valence-corrected chi connectivity index (χ3v) is 1.97. The molecule has 3 heteroatoms. The van der Waals surface area contributed by atoms with Gasteiger partial charge in [0.05, 0.1) is 0 Å². The number of benzene rings is 1. The van der Waals surface area contributed by atoms with Crippen LogP contribution >= 0.6 is 0 Å². The highest BCUT2D eigenvalue weighted by Crippen LogP contribution is 2.14. The fraction of sp³-hybridized carbons (Fsp3) is 0. The van der Waals surface area contributed by atoms with Gasteiger partial charge >= 0.3 is 0 Å². The van der Waals surface area contributed by atoms with Gasteiger partial charge in [-0.25, -0.2) is 4.39 Å². The van der Waals surface area contributed by atoms with E-state index in [2.05, 4.69) is 4.98 Å². The summed E-state index contributed by atoms with van der Waals surface area (Å²) in [6.45, 7) is 0. The lowest BCUT2D eigenvalue weighted by molar-refractivity contribution is 0.628. The van der Waals surface area contributed by atoms with E-state index in [1.165, 1.54) is 12.1 Å². The summed E-state index contributed by atoms with van der Waals surface area (Å²) in [4.78, 5) is 13.9. The van der Waals surface area contributed by atoms with E-state index in [0.717, 1.165) is 0 Å². The van der Waals surface area contributed by atoms with E-state index in [1.54, 1.807) is 30.5 Å². The maximum Gasteiger partial charge on any atom is 0.255 e. The standard InChI is InChI=1S/C11H8FNO/c12-9-5-3-8(4-6-9)10-2-1-7-13-11(10)14/h1-7H,(H,13,14). The number of aromatic amines is 1. The minimum Gasteiger partial charge on any atom is -0.329 e. The van der Waals surface area contributed by atoms with Gasteiger partial charge in [-0.15, -0.1) is 0 Å². The first-order chi connectivity index (χ1) is 6.77. The van der Waals surface area contributed by atoms with Crippen LogP contribution in [0, 0.1) is 5.82 Å². The molecular formula is C11H8FNO. The predicted molar refractivity (Wildman–Crippen MR) is 52.5 cm³/mol. The first-order valence-corrected chi connectivity index (χ1v) is 4.21. The van der Waals surface area contributed by atoms with Gasteiger partial charge in [-0.05, 0) is 29.8 Å². The van der Waals surface area contributed by atoms with Crippen molar-refractivity contribution >= 4 is 0 Å². The second kappa shape index (κ2) is 3.46. The molecule has 0 amide bonds. The highest BCUT2D eigenvalue weighted by atomic mass is 19.1. The number of halogens is 1. The Bertz CT molecular complexity index is 487. The molecule has 2 aromatic rings. The molecule has 1 heterocycles. The van der Waals surface area contributed by atoms with Crippen molar-refractivity contribution in [2.24, 2.45) is 0 Å². The van der Waals surface area contributed by atoms with Crippen LogP contribution in [0.1, 0.15) is 0 Å². The van der Waals surface area contributed by atoms with E-state index in [9.17, 15) is 9.18 Å². The quantitative estimate of drug-likeness (QED) is 0.732. The summed E-state index contributed by atoms with van der Waals surface area (Å²) in [7, 11) is 0. The average Bonchev–Trinajstić information content (AvgIpc) is 2.20. The van der Waals surface area contributed by atoms with Crippen LogP contribution < -0.4 is 5.56 Å². The van der Waals surface area contributed by atoms with E-state index >= 15 is 0 Å².